The van der Waals surface area contributed by atoms with Gasteiger partial charge >= 0.3 is 0 Å². The van der Waals surface area contributed by atoms with Crippen molar-refractivity contribution in [2.75, 3.05) is 34.3 Å². The molecule has 0 saturated carbocycles. The number of amides is 3. The van der Waals surface area contributed by atoms with Crippen LogP contribution in [0.1, 0.15) is 22.5 Å². The molecule has 2 saturated heterocycles. The molecule has 2 aliphatic rings. The molecule has 3 heterocycles. The lowest BCUT2D eigenvalue weighted by Gasteiger charge is -2.45. The Labute approximate surface area is 150 Å². The van der Waals surface area contributed by atoms with Crippen LogP contribution in [0.4, 0.5) is 0 Å². The highest BCUT2D eigenvalue weighted by molar-refractivity contribution is 7.12. The monoisotopic (exact) mass is 365 g/mol. The molecule has 3 rings (SSSR count). The molecule has 2 aliphatic heterocycles. The van der Waals surface area contributed by atoms with Crippen molar-refractivity contribution >= 4 is 29.1 Å². The van der Waals surface area contributed by atoms with Crippen molar-refractivity contribution in [3.05, 3.63) is 22.4 Å². The van der Waals surface area contributed by atoms with E-state index >= 15 is 0 Å². The van der Waals surface area contributed by atoms with Gasteiger partial charge in [-0.2, -0.15) is 0 Å². The van der Waals surface area contributed by atoms with Gasteiger partial charge in [0.2, 0.25) is 5.91 Å². The van der Waals surface area contributed by atoms with Crippen LogP contribution in [0.25, 0.3) is 0 Å². The van der Waals surface area contributed by atoms with Gasteiger partial charge < -0.3 is 19.9 Å². The van der Waals surface area contributed by atoms with Gasteiger partial charge in [-0.25, -0.2) is 0 Å². The zero-order valence-corrected chi connectivity index (χ0v) is 15.5. The third-order valence-corrected chi connectivity index (χ3v) is 6.41. The van der Waals surface area contributed by atoms with E-state index in [0.717, 1.165) is 0 Å². The van der Waals surface area contributed by atoms with Crippen molar-refractivity contribution in [2.24, 2.45) is 5.92 Å². The van der Waals surface area contributed by atoms with Gasteiger partial charge in [0, 0.05) is 34.3 Å². The second kappa shape index (κ2) is 6.76. The summed E-state index contributed by atoms with van der Waals surface area (Å²) >= 11 is 1.42. The molecule has 7 nitrogen and oxygen atoms in total. The van der Waals surface area contributed by atoms with Gasteiger partial charge in [-0.3, -0.25) is 14.4 Å². The molecule has 25 heavy (non-hydrogen) atoms. The first-order chi connectivity index (χ1) is 12.0. The number of ether oxygens (including phenoxy) is 1. The predicted molar refractivity (Wildman–Crippen MR) is 93.3 cm³/mol. The Bertz CT molecular complexity index is 667. The summed E-state index contributed by atoms with van der Waals surface area (Å²) in [6.45, 7) is 1.02. The molecule has 0 bridgehead atoms. The molecule has 136 valence electrons. The van der Waals surface area contributed by atoms with E-state index in [2.05, 4.69) is 5.32 Å². The van der Waals surface area contributed by atoms with Gasteiger partial charge in [0.15, 0.2) is 0 Å². The molecular formula is C17H23N3O4S. The minimum atomic E-state index is -0.774. The van der Waals surface area contributed by atoms with Crippen molar-refractivity contribution in [1.82, 2.24) is 15.1 Å². The maximum atomic E-state index is 12.6. The smallest absolute Gasteiger partial charge is 0.263 e. The lowest BCUT2D eigenvalue weighted by atomic mass is 9.75. The molecule has 8 heteroatoms. The van der Waals surface area contributed by atoms with Crippen LogP contribution in [0.5, 0.6) is 0 Å². The van der Waals surface area contributed by atoms with Gasteiger partial charge in [0.1, 0.15) is 6.10 Å². The van der Waals surface area contributed by atoms with Crippen LogP contribution >= 0.6 is 11.3 Å². The Morgan fingerprint density at radius 1 is 1.36 bits per heavy atom. The molecule has 2 fully saturated rings. The van der Waals surface area contributed by atoms with Crippen LogP contribution in [-0.4, -0.2) is 73.5 Å². The molecule has 1 N–H and O–H groups in total. The number of rotatable bonds is 3. The molecule has 0 aromatic carbocycles. The van der Waals surface area contributed by atoms with Crippen molar-refractivity contribution < 1.29 is 19.1 Å². The minimum Gasteiger partial charge on any atom is -0.371 e. The average molecular weight is 365 g/mol. The second-order valence-corrected chi connectivity index (χ2v) is 7.47. The van der Waals surface area contributed by atoms with Crippen molar-refractivity contribution in [3.8, 4) is 0 Å². The minimum absolute atomic E-state index is 0.0108. The quantitative estimate of drug-likeness (QED) is 0.850. The molecule has 3 amide bonds. The average Bonchev–Trinajstić information content (AvgIpc) is 3.24. The lowest BCUT2D eigenvalue weighted by molar-refractivity contribution is -0.139. The van der Waals surface area contributed by atoms with E-state index in [0.29, 0.717) is 30.8 Å². The number of carbonyl (C=O) groups is 3. The van der Waals surface area contributed by atoms with Crippen LogP contribution in [0.3, 0.4) is 0 Å². The Morgan fingerprint density at radius 2 is 2.04 bits per heavy atom. The SMILES string of the molecule is CNC(=O)[C@@H]1[C@@H](OC)C(=O)N(C)C12CCN(C(=O)c1cccs1)CC2. The number of piperidine rings is 1. The van der Waals surface area contributed by atoms with Gasteiger partial charge in [-0.05, 0) is 24.3 Å². The Balaban J connectivity index is 1.83. The first kappa shape index (κ1) is 17.9. The topological polar surface area (TPSA) is 79.0 Å². The number of carbonyl (C=O) groups excluding carboxylic acids is 3. The molecule has 1 aromatic heterocycles. The van der Waals surface area contributed by atoms with Crippen molar-refractivity contribution in [1.29, 1.82) is 0 Å². The standard InChI is InChI=1S/C17H23N3O4S/c1-18-14(21)12-13(24-3)16(23)19(2)17(12)6-8-20(9-7-17)15(22)11-5-4-10-25-11/h4-5,10,12-13H,6-9H2,1-3H3,(H,18,21)/t12-,13+/m0/s1. The van der Waals surface area contributed by atoms with Gasteiger partial charge in [0.05, 0.1) is 16.3 Å². The van der Waals surface area contributed by atoms with E-state index in [9.17, 15) is 14.4 Å². The highest BCUT2D eigenvalue weighted by atomic mass is 32.1. The number of likely N-dealkylation sites (tertiary alicyclic amines) is 2. The predicted octanol–water partition coefficient (Wildman–Crippen LogP) is 0.572. The molecule has 0 unspecified atom stereocenters. The Kier molecular flexibility index (Phi) is 4.83. The first-order valence-corrected chi connectivity index (χ1v) is 9.19. The summed E-state index contributed by atoms with van der Waals surface area (Å²) in [6, 6.07) is 3.68. The number of likely N-dealkylation sites (N-methyl/N-ethyl adjacent to an activating group) is 1. The van der Waals surface area contributed by atoms with E-state index in [1.807, 2.05) is 17.5 Å². The largest absolute Gasteiger partial charge is 0.371 e. The van der Waals surface area contributed by atoms with Crippen LogP contribution < -0.4 is 5.32 Å². The Morgan fingerprint density at radius 3 is 2.56 bits per heavy atom. The second-order valence-electron chi connectivity index (χ2n) is 6.52. The maximum Gasteiger partial charge on any atom is 0.263 e. The number of nitrogens with one attached hydrogen (secondary N) is 1. The van der Waals surface area contributed by atoms with Gasteiger partial charge in [-0.15, -0.1) is 11.3 Å². The molecule has 0 aliphatic carbocycles. The third-order valence-electron chi connectivity index (χ3n) is 5.55. The highest BCUT2D eigenvalue weighted by Crippen LogP contribution is 2.44. The summed E-state index contributed by atoms with van der Waals surface area (Å²) in [5, 5.41) is 4.55. The summed E-state index contributed by atoms with van der Waals surface area (Å²) in [7, 11) is 4.76. The van der Waals surface area contributed by atoms with Crippen LogP contribution in [0, 0.1) is 5.92 Å². The maximum absolute atomic E-state index is 12.6. The van der Waals surface area contributed by atoms with E-state index in [1.165, 1.54) is 18.4 Å². The van der Waals surface area contributed by atoms with Crippen molar-refractivity contribution in [2.45, 2.75) is 24.5 Å². The summed E-state index contributed by atoms with van der Waals surface area (Å²) in [4.78, 5) is 41.8. The zero-order valence-electron chi connectivity index (χ0n) is 14.7. The van der Waals surface area contributed by atoms with Crippen LogP contribution in [0.15, 0.2) is 17.5 Å². The summed E-state index contributed by atoms with van der Waals surface area (Å²) in [5.41, 5.74) is -0.607. The van der Waals surface area contributed by atoms with Gasteiger partial charge in [-0.1, -0.05) is 6.07 Å². The lowest BCUT2D eigenvalue weighted by Crippen LogP contribution is -2.58. The number of nitrogens with zero attached hydrogens (tertiary/aromatic N) is 2. The molecule has 1 aromatic rings. The van der Waals surface area contributed by atoms with E-state index in [-0.39, 0.29) is 17.7 Å². The molecule has 0 radical (unpaired) electrons. The third kappa shape index (κ3) is 2.73. The highest BCUT2D eigenvalue weighted by Gasteiger charge is 2.61. The van der Waals surface area contributed by atoms with E-state index in [1.54, 1.807) is 23.9 Å². The number of thiophene rings is 1. The van der Waals surface area contributed by atoms with Gasteiger partial charge in [0.25, 0.3) is 11.8 Å². The molecular weight excluding hydrogens is 342 g/mol. The van der Waals surface area contributed by atoms with Crippen molar-refractivity contribution in [3.63, 3.8) is 0 Å². The number of hydrogen-bond donors (Lipinski definition) is 1. The summed E-state index contributed by atoms with van der Waals surface area (Å²) in [6.07, 6.45) is 0.346. The Hall–Kier alpha value is -1.93. The molecule has 2 atom stereocenters. The van der Waals surface area contributed by atoms with Crippen LogP contribution in [0.2, 0.25) is 0 Å². The fourth-order valence-corrected chi connectivity index (χ4v) is 4.81. The number of methoxy groups -OCH3 is 1. The summed E-state index contributed by atoms with van der Waals surface area (Å²) in [5.74, 6) is -0.924. The molecule has 1 spiro atoms. The summed E-state index contributed by atoms with van der Waals surface area (Å²) < 4.78 is 5.36. The fourth-order valence-electron chi connectivity index (χ4n) is 4.12. The number of hydrogen-bond acceptors (Lipinski definition) is 5. The fraction of sp³-hybridized carbons (Fsp3) is 0.588. The van der Waals surface area contributed by atoms with E-state index < -0.39 is 17.6 Å². The van der Waals surface area contributed by atoms with Crippen LogP contribution in [-0.2, 0) is 14.3 Å². The zero-order chi connectivity index (χ0) is 18.2. The van der Waals surface area contributed by atoms with E-state index in [4.69, 9.17) is 4.74 Å². The first-order valence-electron chi connectivity index (χ1n) is 8.31. The normalized spacial score (nSPS) is 25.5.